The first-order valence-electron chi connectivity index (χ1n) is 6.99. The first kappa shape index (κ1) is 13.8. The number of likely N-dealkylation sites (tertiary alicyclic amines) is 1. The molecule has 0 N–H and O–H groups in total. The molecule has 1 spiro atoms. The van der Waals surface area contributed by atoms with Crippen LogP contribution in [0.15, 0.2) is 0 Å². The minimum Gasteiger partial charge on any atom is -0.381 e. The number of amides is 1. The van der Waals surface area contributed by atoms with Crippen LogP contribution in [0.3, 0.4) is 0 Å². The van der Waals surface area contributed by atoms with Gasteiger partial charge in [-0.2, -0.15) is 0 Å². The van der Waals surface area contributed by atoms with E-state index in [4.69, 9.17) is 9.47 Å². The normalized spacial score (nSPS) is 26.4. The topological polar surface area (TPSA) is 38.8 Å². The molecule has 2 heterocycles. The van der Waals surface area contributed by atoms with E-state index in [1.807, 2.05) is 4.90 Å². The Morgan fingerprint density at radius 1 is 1.50 bits per heavy atom. The second kappa shape index (κ2) is 5.57. The molecule has 0 aromatic rings. The number of carbonyl (C=O) groups is 1. The van der Waals surface area contributed by atoms with Crippen LogP contribution in [-0.2, 0) is 14.3 Å². The lowest BCUT2D eigenvalue weighted by Crippen LogP contribution is -2.67. The maximum atomic E-state index is 11.9. The van der Waals surface area contributed by atoms with Crippen LogP contribution in [0, 0.1) is 5.92 Å². The molecule has 2 aliphatic rings. The second-order valence-corrected chi connectivity index (χ2v) is 6.06. The van der Waals surface area contributed by atoms with Crippen molar-refractivity contribution < 1.29 is 14.3 Å². The zero-order valence-electron chi connectivity index (χ0n) is 11.8. The molecular weight excluding hydrogens is 230 g/mol. The van der Waals surface area contributed by atoms with Crippen molar-refractivity contribution in [2.75, 3.05) is 26.8 Å². The molecule has 2 saturated heterocycles. The molecule has 0 aromatic carbocycles. The van der Waals surface area contributed by atoms with Gasteiger partial charge in [-0.05, 0) is 18.8 Å². The first-order valence-corrected chi connectivity index (χ1v) is 6.99. The third kappa shape index (κ3) is 3.04. The van der Waals surface area contributed by atoms with Crippen LogP contribution in [0.5, 0.6) is 0 Å². The van der Waals surface area contributed by atoms with Crippen molar-refractivity contribution in [3.8, 4) is 0 Å². The number of methoxy groups -OCH3 is 1. The molecule has 2 fully saturated rings. The molecule has 104 valence electrons. The van der Waals surface area contributed by atoms with Gasteiger partial charge >= 0.3 is 0 Å². The summed E-state index contributed by atoms with van der Waals surface area (Å²) in [4.78, 5) is 13.9. The second-order valence-electron chi connectivity index (χ2n) is 6.06. The largest absolute Gasteiger partial charge is 0.381 e. The van der Waals surface area contributed by atoms with E-state index < -0.39 is 0 Å². The lowest BCUT2D eigenvalue weighted by Gasteiger charge is -2.53. The number of hydrogen-bond donors (Lipinski definition) is 0. The van der Waals surface area contributed by atoms with Gasteiger partial charge in [0.25, 0.3) is 0 Å². The molecule has 0 aliphatic carbocycles. The highest BCUT2D eigenvalue weighted by atomic mass is 16.5. The zero-order chi connectivity index (χ0) is 13.2. The molecule has 1 amide bonds. The highest BCUT2D eigenvalue weighted by Crippen LogP contribution is 2.35. The van der Waals surface area contributed by atoms with E-state index in [9.17, 15) is 4.79 Å². The van der Waals surface area contributed by atoms with Crippen molar-refractivity contribution in [3.63, 3.8) is 0 Å². The number of nitrogens with zero attached hydrogens (tertiary/aromatic N) is 1. The van der Waals surface area contributed by atoms with Crippen LogP contribution in [0.1, 0.15) is 39.5 Å². The molecule has 0 saturated carbocycles. The van der Waals surface area contributed by atoms with Crippen molar-refractivity contribution in [2.24, 2.45) is 5.92 Å². The van der Waals surface area contributed by atoms with Gasteiger partial charge in [0.15, 0.2) is 0 Å². The SMILES string of the molecule is CO[C@@H]1CCOC2(C1)CN(C(=O)CCC(C)C)C2. The summed E-state index contributed by atoms with van der Waals surface area (Å²) < 4.78 is 11.3. The van der Waals surface area contributed by atoms with Gasteiger partial charge in [-0.15, -0.1) is 0 Å². The van der Waals surface area contributed by atoms with Gasteiger partial charge in [-0.1, -0.05) is 13.8 Å². The summed E-state index contributed by atoms with van der Waals surface area (Å²) in [7, 11) is 1.76. The van der Waals surface area contributed by atoms with Gasteiger partial charge in [0.1, 0.15) is 5.60 Å². The van der Waals surface area contributed by atoms with E-state index in [1.165, 1.54) is 0 Å². The number of rotatable bonds is 4. The monoisotopic (exact) mass is 255 g/mol. The van der Waals surface area contributed by atoms with Crippen molar-refractivity contribution in [1.82, 2.24) is 4.90 Å². The third-order valence-electron chi connectivity index (χ3n) is 4.03. The summed E-state index contributed by atoms with van der Waals surface area (Å²) in [6.45, 7) is 6.57. The predicted molar refractivity (Wildman–Crippen MR) is 69.4 cm³/mol. The molecule has 4 heteroatoms. The molecule has 0 aromatic heterocycles. The molecular formula is C14H25NO3. The van der Waals surface area contributed by atoms with Crippen LogP contribution in [0.25, 0.3) is 0 Å². The maximum absolute atomic E-state index is 11.9. The Kier molecular flexibility index (Phi) is 4.28. The van der Waals surface area contributed by atoms with Gasteiger partial charge in [0.2, 0.25) is 5.91 Å². The van der Waals surface area contributed by atoms with Gasteiger partial charge in [-0.3, -0.25) is 4.79 Å². The Bertz CT molecular complexity index is 297. The summed E-state index contributed by atoms with van der Waals surface area (Å²) in [6, 6.07) is 0. The van der Waals surface area contributed by atoms with E-state index in [2.05, 4.69) is 13.8 Å². The van der Waals surface area contributed by atoms with Crippen LogP contribution in [0.2, 0.25) is 0 Å². The lowest BCUT2D eigenvalue weighted by atomic mass is 9.84. The Balaban J connectivity index is 1.76. The van der Waals surface area contributed by atoms with Crippen LogP contribution in [-0.4, -0.2) is 49.3 Å². The smallest absolute Gasteiger partial charge is 0.222 e. The van der Waals surface area contributed by atoms with Crippen LogP contribution >= 0.6 is 0 Å². The summed E-state index contributed by atoms with van der Waals surface area (Å²) in [5.41, 5.74) is -0.105. The molecule has 0 unspecified atom stereocenters. The average molecular weight is 255 g/mol. The van der Waals surface area contributed by atoms with Gasteiger partial charge in [0, 0.05) is 26.6 Å². The van der Waals surface area contributed by atoms with Crippen molar-refractivity contribution >= 4 is 5.91 Å². The molecule has 0 bridgehead atoms. The summed E-state index contributed by atoms with van der Waals surface area (Å²) in [5, 5.41) is 0. The number of carbonyl (C=O) groups excluding carboxylic acids is 1. The Labute approximate surface area is 110 Å². The van der Waals surface area contributed by atoms with Gasteiger partial charge in [-0.25, -0.2) is 0 Å². The fraction of sp³-hybridized carbons (Fsp3) is 0.929. The van der Waals surface area contributed by atoms with Crippen LogP contribution in [0.4, 0.5) is 0 Å². The van der Waals surface area contributed by atoms with Crippen molar-refractivity contribution in [1.29, 1.82) is 0 Å². The Morgan fingerprint density at radius 2 is 2.22 bits per heavy atom. The third-order valence-corrected chi connectivity index (χ3v) is 4.03. The summed E-state index contributed by atoms with van der Waals surface area (Å²) >= 11 is 0. The van der Waals surface area contributed by atoms with Crippen LogP contribution < -0.4 is 0 Å². The van der Waals surface area contributed by atoms with E-state index in [-0.39, 0.29) is 11.5 Å². The minimum atomic E-state index is -0.105. The van der Waals surface area contributed by atoms with Crippen molar-refractivity contribution in [3.05, 3.63) is 0 Å². The minimum absolute atomic E-state index is 0.105. The fourth-order valence-corrected chi connectivity index (χ4v) is 2.80. The van der Waals surface area contributed by atoms with E-state index >= 15 is 0 Å². The Morgan fingerprint density at radius 3 is 2.83 bits per heavy atom. The standard InChI is InChI=1S/C14H25NO3/c1-11(2)4-5-13(16)15-9-14(10-15)8-12(17-3)6-7-18-14/h11-12H,4-10H2,1-3H3/t12-/m1/s1. The number of hydrogen-bond acceptors (Lipinski definition) is 3. The highest BCUT2D eigenvalue weighted by Gasteiger charge is 2.49. The average Bonchev–Trinajstić information content (AvgIpc) is 2.33. The maximum Gasteiger partial charge on any atom is 0.222 e. The van der Waals surface area contributed by atoms with E-state index in [0.29, 0.717) is 18.4 Å². The van der Waals surface area contributed by atoms with E-state index in [1.54, 1.807) is 7.11 Å². The zero-order valence-corrected chi connectivity index (χ0v) is 11.8. The number of ether oxygens (including phenoxy) is 2. The molecule has 2 aliphatic heterocycles. The van der Waals surface area contributed by atoms with Gasteiger partial charge in [0.05, 0.1) is 19.2 Å². The quantitative estimate of drug-likeness (QED) is 0.769. The molecule has 2 rings (SSSR count). The molecule has 18 heavy (non-hydrogen) atoms. The lowest BCUT2D eigenvalue weighted by molar-refractivity contribution is -0.198. The predicted octanol–water partition coefficient (Wildman–Crippen LogP) is 1.83. The molecule has 4 nitrogen and oxygen atoms in total. The highest BCUT2D eigenvalue weighted by molar-refractivity contribution is 5.77. The van der Waals surface area contributed by atoms with Crippen molar-refractivity contribution in [2.45, 2.75) is 51.2 Å². The molecule has 1 atom stereocenters. The molecule has 0 radical (unpaired) electrons. The fourth-order valence-electron chi connectivity index (χ4n) is 2.80. The summed E-state index contributed by atoms with van der Waals surface area (Å²) in [5.74, 6) is 0.866. The summed E-state index contributed by atoms with van der Waals surface area (Å²) in [6.07, 6.45) is 3.84. The first-order chi connectivity index (χ1) is 8.54. The Hall–Kier alpha value is -0.610. The van der Waals surface area contributed by atoms with Gasteiger partial charge < -0.3 is 14.4 Å². The van der Waals surface area contributed by atoms with E-state index in [0.717, 1.165) is 39.0 Å².